The van der Waals surface area contributed by atoms with E-state index >= 15 is 0 Å². The fourth-order valence-electron chi connectivity index (χ4n) is 0.560. The van der Waals surface area contributed by atoms with Gasteiger partial charge in [0.25, 0.3) is 0 Å². The van der Waals surface area contributed by atoms with Crippen molar-refractivity contribution in [1.82, 2.24) is 0 Å². The molecule has 0 aromatic rings. The molecule has 0 aromatic carbocycles. The maximum Gasteiger partial charge on any atom is 0.0913 e. The molecule has 3 heteroatoms. The van der Waals surface area contributed by atoms with Crippen molar-refractivity contribution < 1.29 is 0 Å². The first-order valence-electron chi connectivity index (χ1n) is 3.82. The monoisotopic (exact) mass is 174 g/mol. The standard InChI is InChI=1S/C8H18N2S/c1-8(2,3)6-11-5-4-7(9)10/h4-6H2,1-3H3,(H3,9,10). The van der Waals surface area contributed by atoms with Gasteiger partial charge in [0, 0.05) is 12.2 Å². The topological polar surface area (TPSA) is 49.9 Å². The molecule has 2 nitrogen and oxygen atoms in total. The molecule has 66 valence electrons. The molecule has 0 radical (unpaired) electrons. The second-order valence-electron chi connectivity index (χ2n) is 3.89. The van der Waals surface area contributed by atoms with Gasteiger partial charge in [-0.3, -0.25) is 5.41 Å². The van der Waals surface area contributed by atoms with Gasteiger partial charge in [0.15, 0.2) is 0 Å². The van der Waals surface area contributed by atoms with Gasteiger partial charge in [0.2, 0.25) is 0 Å². The number of hydrogen-bond donors (Lipinski definition) is 2. The Labute approximate surface area is 73.4 Å². The van der Waals surface area contributed by atoms with E-state index in [4.69, 9.17) is 11.1 Å². The summed E-state index contributed by atoms with van der Waals surface area (Å²) >= 11 is 1.87. The van der Waals surface area contributed by atoms with E-state index in [1.807, 2.05) is 11.8 Å². The maximum absolute atomic E-state index is 6.99. The van der Waals surface area contributed by atoms with Crippen molar-refractivity contribution >= 4 is 17.6 Å². The highest BCUT2D eigenvalue weighted by Crippen LogP contribution is 2.20. The van der Waals surface area contributed by atoms with Crippen molar-refractivity contribution in [2.75, 3.05) is 11.5 Å². The van der Waals surface area contributed by atoms with E-state index in [1.165, 1.54) is 0 Å². The number of rotatable bonds is 4. The lowest BCUT2D eigenvalue weighted by Crippen LogP contribution is -2.12. The van der Waals surface area contributed by atoms with E-state index in [2.05, 4.69) is 20.8 Å². The molecule has 0 spiro atoms. The van der Waals surface area contributed by atoms with Crippen molar-refractivity contribution in [2.45, 2.75) is 27.2 Å². The summed E-state index contributed by atoms with van der Waals surface area (Å²) in [6, 6.07) is 0. The van der Waals surface area contributed by atoms with Crippen LogP contribution in [-0.2, 0) is 0 Å². The summed E-state index contributed by atoms with van der Waals surface area (Å²) in [5.41, 5.74) is 5.60. The van der Waals surface area contributed by atoms with Crippen LogP contribution in [0.4, 0.5) is 0 Å². The minimum Gasteiger partial charge on any atom is -0.388 e. The lowest BCUT2D eigenvalue weighted by atomic mass is 10.0. The predicted octanol–water partition coefficient (Wildman–Crippen LogP) is 2.09. The van der Waals surface area contributed by atoms with E-state index in [0.717, 1.165) is 17.9 Å². The molecule has 0 amide bonds. The molecule has 0 aliphatic heterocycles. The lowest BCUT2D eigenvalue weighted by Gasteiger charge is -2.16. The molecule has 0 unspecified atom stereocenters. The first-order chi connectivity index (χ1) is 4.92. The fourth-order valence-corrected chi connectivity index (χ4v) is 1.68. The van der Waals surface area contributed by atoms with E-state index in [-0.39, 0.29) is 0 Å². The maximum atomic E-state index is 6.99. The number of nitrogens with one attached hydrogen (secondary N) is 1. The van der Waals surface area contributed by atoms with Gasteiger partial charge in [0.05, 0.1) is 5.84 Å². The molecule has 0 heterocycles. The third-order valence-electron chi connectivity index (χ3n) is 1.05. The van der Waals surface area contributed by atoms with Gasteiger partial charge in [-0.1, -0.05) is 20.8 Å². The van der Waals surface area contributed by atoms with Crippen LogP contribution in [0.3, 0.4) is 0 Å². The molecule has 0 fully saturated rings. The predicted molar refractivity (Wildman–Crippen MR) is 53.3 cm³/mol. The highest BCUT2D eigenvalue weighted by molar-refractivity contribution is 7.99. The van der Waals surface area contributed by atoms with Crippen LogP contribution in [0.15, 0.2) is 0 Å². The molecule has 0 saturated carbocycles. The molecule has 11 heavy (non-hydrogen) atoms. The first-order valence-corrected chi connectivity index (χ1v) is 4.98. The smallest absolute Gasteiger partial charge is 0.0913 e. The van der Waals surface area contributed by atoms with Crippen molar-refractivity contribution in [3.8, 4) is 0 Å². The molecule has 0 atom stereocenters. The molecular weight excluding hydrogens is 156 g/mol. The third kappa shape index (κ3) is 9.82. The summed E-state index contributed by atoms with van der Waals surface area (Å²) < 4.78 is 0. The van der Waals surface area contributed by atoms with Gasteiger partial charge in [-0.15, -0.1) is 0 Å². The van der Waals surface area contributed by atoms with Gasteiger partial charge < -0.3 is 5.73 Å². The van der Waals surface area contributed by atoms with Crippen LogP contribution in [0.5, 0.6) is 0 Å². The van der Waals surface area contributed by atoms with Crippen LogP contribution in [0.2, 0.25) is 0 Å². The average Bonchev–Trinajstić information content (AvgIpc) is 1.78. The second-order valence-corrected chi connectivity index (χ2v) is 4.99. The molecule has 0 rings (SSSR count). The highest BCUT2D eigenvalue weighted by atomic mass is 32.2. The molecule has 3 N–H and O–H groups in total. The number of amidine groups is 1. The van der Waals surface area contributed by atoms with Crippen molar-refractivity contribution in [3.63, 3.8) is 0 Å². The molecule has 0 aliphatic rings. The van der Waals surface area contributed by atoms with E-state index in [9.17, 15) is 0 Å². The summed E-state index contributed by atoms with van der Waals surface area (Å²) in [7, 11) is 0. The van der Waals surface area contributed by atoms with E-state index in [0.29, 0.717) is 11.3 Å². The lowest BCUT2D eigenvalue weighted by molar-refractivity contribution is 0.481. The number of hydrogen-bond acceptors (Lipinski definition) is 2. The zero-order valence-corrected chi connectivity index (χ0v) is 8.42. The first kappa shape index (κ1) is 10.8. The van der Waals surface area contributed by atoms with Crippen LogP contribution < -0.4 is 5.73 Å². The Kier molecular flexibility index (Phi) is 4.57. The fraction of sp³-hybridized carbons (Fsp3) is 0.875. The molecule has 0 aromatic heterocycles. The van der Waals surface area contributed by atoms with E-state index in [1.54, 1.807) is 0 Å². The Balaban J connectivity index is 3.22. The zero-order chi connectivity index (χ0) is 8.91. The number of nitrogens with two attached hydrogens (primary N) is 1. The largest absolute Gasteiger partial charge is 0.388 e. The SMILES string of the molecule is CC(C)(C)CSCCC(=N)N. The van der Waals surface area contributed by atoms with Crippen LogP contribution in [-0.4, -0.2) is 17.3 Å². The van der Waals surface area contributed by atoms with Gasteiger partial charge in [-0.2, -0.15) is 11.8 Å². The Bertz CT molecular complexity index is 127. The normalized spacial score (nSPS) is 11.5. The van der Waals surface area contributed by atoms with Gasteiger partial charge in [-0.05, 0) is 11.2 Å². The summed E-state index contributed by atoms with van der Waals surface area (Å²) in [6.45, 7) is 6.65. The molecular formula is C8H18N2S. The number of thioether (sulfide) groups is 1. The van der Waals surface area contributed by atoms with Crippen molar-refractivity contribution in [3.05, 3.63) is 0 Å². The van der Waals surface area contributed by atoms with Crippen LogP contribution in [0.25, 0.3) is 0 Å². The zero-order valence-electron chi connectivity index (χ0n) is 7.61. The highest BCUT2D eigenvalue weighted by Gasteiger charge is 2.09. The average molecular weight is 174 g/mol. The Hall–Kier alpha value is -0.180. The molecule has 0 saturated heterocycles. The molecule has 0 bridgehead atoms. The van der Waals surface area contributed by atoms with Gasteiger partial charge in [-0.25, -0.2) is 0 Å². The second kappa shape index (κ2) is 4.65. The van der Waals surface area contributed by atoms with Gasteiger partial charge in [0.1, 0.15) is 0 Å². The summed E-state index contributed by atoms with van der Waals surface area (Å²) in [4.78, 5) is 0. The third-order valence-corrected chi connectivity index (χ3v) is 2.61. The summed E-state index contributed by atoms with van der Waals surface area (Å²) in [6.07, 6.45) is 0.723. The van der Waals surface area contributed by atoms with Crippen LogP contribution >= 0.6 is 11.8 Å². The molecule has 0 aliphatic carbocycles. The Morgan fingerprint density at radius 1 is 1.45 bits per heavy atom. The van der Waals surface area contributed by atoms with E-state index < -0.39 is 0 Å². The quantitative estimate of drug-likeness (QED) is 0.389. The van der Waals surface area contributed by atoms with Crippen molar-refractivity contribution in [1.29, 1.82) is 5.41 Å². The van der Waals surface area contributed by atoms with Crippen LogP contribution in [0, 0.1) is 10.8 Å². The summed E-state index contributed by atoms with van der Waals surface area (Å²) in [5.74, 6) is 2.42. The van der Waals surface area contributed by atoms with Crippen molar-refractivity contribution in [2.24, 2.45) is 11.1 Å². The van der Waals surface area contributed by atoms with Gasteiger partial charge >= 0.3 is 0 Å². The Morgan fingerprint density at radius 3 is 2.36 bits per heavy atom. The van der Waals surface area contributed by atoms with Crippen LogP contribution in [0.1, 0.15) is 27.2 Å². The summed E-state index contributed by atoms with van der Waals surface area (Å²) in [5, 5.41) is 6.99. The minimum absolute atomic E-state index is 0.298. The minimum atomic E-state index is 0.298. The Morgan fingerprint density at radius 2 is 2.00 bits per heavy atom.